The van der Waals surface area contributed by atoms with Crippen molar-refractivity contribution in [1.82, 2.24) is 9.88 Å². The number of benzene rings is 1. The van der Waals surface area contributed by atoms with Gasteiger partial charge in [-0.15, -0.1) is 0 Å². The second kappa shape index (κ2) is 6.97. The number of rotatable bonds is 4. The molecule has 4 rings (SSSR count). The van der Waals surface area contributed by atoms with Crippen molar-refractivity contribution in [2.45, 2.75) is 56.4 Å². The van der Waals surface area contributed by atoms with Crippen LogP contribution in [0.25, 0.3) is 10.9 Å². The minimum Gasteiger partial charge on any atom is -0.467 e. The molecule has 0 unspecified atom stereocenters. The molecule has 1 N–H and O–H groups in total. The lowest BCUT2D eigenvalue weighted by molar-refractivity contribution is -0.152. The van der Waals surface area contributed by atoms with Crippen LogP contribution in [0.2, 0.25) is 0 Å². The van der Waals surface area contributed by atoms with Gasteiger partial charge in [0.05, 0.1) is 11.7 Å². The van der Waals surface area contributed by atoms with Crippen molar-refractivity contribution in [2.75, 3.05) is 7.11 Å². The number of hydrogen-bond donors (Lipinski definition) is 1. The summed E-state index contributed by atoms with van der Waals surface area (Å²) in [6.45, 7) is 0. The molecule has 2 fully saturated rings. The minimum absolute atomic E-state index is 0.221. The standard InChI is InChI=1S/C21H25BrN2O3/c1-24-16-12-14(19(25)23-21(10-5-11-21)20(26)27-2)8-9-15(16)17(18(24)22)13-6-3-4-7-13/h8-9,12-13H,3-7,10-11H2,1-2H3,(H,23,25). The largest absolute Gasteiger partial charge is 0.467 e. The number of aryl methyl sites for hydroxylation is 1. The topological polar surface area (TPSA) is 60.3 Å². The number of carbonyl (C=O) groups excluding carboxylic acids is 2. The Kier molecular flexibility index (Phi) is 4.78. The van der Waals surface area contributed by atoms with E-state index in [9.17, 15) is 9.59 Å². The molecule has 2 aliphatic rings. The molecule has 0 bridgehead atoms. The highest BCUT2D eigenvalue weighted by Gasteiger charge is 2.46. The number of nitrogens with zero attached hydrogens (tertiary/aromatic N) is 1. The number of halogens is 1. The first-order valence-corrected chi connectivity index (χ1v) is 10.4. The number of amides is 1. The van der Waals surface area contributed by atoms with Crippen LogP contribution in [0, 0.1) is 0 Å². The van der Waals surface area contributed by atoms with Gasteiger partial charge in [-0.25, -0.2) is 4.79 Å². The maximum Gasteiger partial charge on any atom is 0.331 e. The highest BCUT2D eigenvalue weighted by atomic mass is 79.9. The number of ether oxygens (including phenoxy) is 1. The SMILES string of the molecule is COC(=O)C1(NC(=O)c2ccc3c(C4CCCC4)c(Br)n(C)c3c2)CCC1. The molecule has 144 valence electrons. The number of nitrogens with one attached hydrogen (secondary N) is 1. The monoisotopic (exact) mass is 432 g/mol. The average Bonchev–Trinajstić information content (AvgIpc) is 3.24. The average molecular weight is 433 g/mol. The van der Waals surface area contributed by atoms with Crippen molar-refractivity contribution in [2.24, 2.45) is 7.05 Å². The van der Waals surface area contributed by atoms with Gasteiger partial charge in [0.2, 0.25) is 0 Å². The number of fused-ring (bicyclic) bond motifs is 1. The van der Waals surface area contributed by atoms with Crippen molar-refractivity contribution >= 4 is 38.7 Å². The highest BCUT2D eigenvalue weighted by molar-refractivity contribution is 9.10. The van der Waals surface area contributed by atoms with E-state index >= 15 is 0 Å². The summed E-state index contributed by atoms with van der Waals surface area (Å²) in [5.41, 5.74) is 2.12. The van der Waals surface area contributed by atoms with Crippen molar-refractivity contribution in [3.05, 3.63) is 33.9 Å². The molecule has 2 saturated carbocycles. The van der Waals surface area contributed by atoms with E-state index in [-0.39, 0.29) is 11.9 Å². The third-order valence-electron chi connectivity index (χ3n) is 6.33. The Bertz CT molecular complexity index is 908. The third-order valence-corrected chi connectivity index (χ3v) is 7.29. The van der Waals surface area contributed by atoms with Crippen LogP contribution in [0.4, 0.5) is 0 Å². The Morgan fingerprint density at radius 2 is 1.93 bits per heavy atom. The summed E-state index contributed by atoms with van der Waals surface area (Å²) >= 11 is 3.76. The number of carbonyl (C=O) groups is 2. The number of aromatic nitrogens is 1. The van der Waals surface area contributed by atoms with E-state index in [4.69, 9.17) is 4.74 Å². The lowest BCUT2D eigenvalue weighted by Gasteiger charge is -2.39. The normalized spacial score (nSPS) is 19.1. The molecule has 0 spiro atoms. The fraction of sp³-hybridized carbons (Fsp3) is 0.524. The molecular weight excluding hydrogens is 408 g/mol. The molecular formula is C21H25BrN2O3. The first-order chi connectivity index (χ1) is 13.0. The minimum atomic E-state index is -0.857. The summed E-state index contributed by atoms with van der Waals surface area (Å²) in [5, 5.41) is 4.13. The van der Waals surface area contributed by atoms with Gasteiger partial charge >= 0.3 is 5.97 Å². The predicted octanol–water partition coefficient (Wildman–Crippen LogP) is 4.42. The zero-order chi connectivity index (χ0) is 19.2. The van der Waals surface area contributed by atoms with Gasteiger partial charge in [-0.05, 0) is 71.6 Å². The quantitative estimate of drug-likeness (QED) is 0.727. The fourth-order valence-corrected chi connectivity index (χ4v) is 5.30. The number of methoxy groups -OCH3 is 1. The smallest absolute Gasteiger partial charge is 0.331 e. The molecule has 1 amide bonds. The first kappa shape index (κ1) is 18.5. The maximum absolute atomic E-state index is 12.8. The molecule has 6 heteroatoms. The molecule has 0 saturated heterocycles. The van der Waals surface area contributed by atoms with Gasteiger partial charge in [0.25, 0.3) is 5.91 Å². The predicted molar refractivity (Wildman–Crippen MR) is 108 cm³/mol. The van der Waals surface area contributed by atoms with Crippen molar-refractivity contribution in [3.63, 3.8) is 0 Å². The van der Waals surface area contributed by atoms with E-state index in [0.29, 0.717) is 24.3 Å². The van der Waals surface area contributed by atoms with Gasteiger partial charge in [-0.3, -0.25) is 4.79 Å². The van der Waals surface area contributed by atoms with Gasteiger partial charge < -0.3 is 14.6 Å². The van der Waals surface area contributed by atoms with Crippen LogP contribution in [0.5, 0.6) is 0 Å². The molecule has 0 aliphatic heterocycles. The number of hydrogen-bond acceptors (Lipinski definition) is 3. The summed E-state index contributed by atoms with van der Waals surface area (Å²) in [6.07, 6.45) is 7.20. The molecule has 1 aromatic heterocycles. The molecule has 0 atom stereocenters. The van der Waals surface area contributed by atoms with Gasteiger partial charge in [0.15, 0.2) is 0 Å². The Balaban J connectivity index is 1.66. The van der Waals surface area contributed by atoms with Crippen molar-refractivity contribution < 1.29 is 14.3 Å². The van der Waals surface area contributed by atoms with Crippen molar-refractivity contribution in [1.29, 1.82) is 0 Å². The van der Waals surface area contributed by atoms with Crippen LogP contribution < -0.4 is 5.32 Å². The van der Waals surface area contributed by atoms with Gasteiger partial charge in [-0.1, -0.05) is 18.9 Å². The van der Waals surface area contributed by atoms with E-state index < -0.39 is 5.54 Å². The molecule has 2 aromatic rings. The molecule has 27 heavy (non-hydrogen) atoms. The summed E-state index contributed by atoms with van der Waals surface area (Å²) < 4.78 is 8.11. The Morgan fingerprint density at radius 3 is 2.52 bits per heavy atom. The lowest BCUT2D eigenvalue weighted by atomic mass is 9.76. The molecule has 1 heterocycles. The van der Waals surface area contributed by atoms with Crippen molar-refractivity contribution in [3.8, 4) is 0 Å². The lowest BCUT2D eigenvalue weighted by Crippen LogP contribution is -2.59. The third kappa shape index (κ3) is 2.98. The highest BCUT2D eigenvalue weighted by Crippen LogP contribution is 2.43. The van der Waals surface area contributed by atoms with Crippen LogP contribution >= 0.6 is 15.9 Å². The zero-order valence-electron chi connectivity index (χ0n) is 15.8. The Morgan fingerprint density at radius 1 is 1.22 bits per heavy atom. The molecule has 1 aromatic carbocycles. The number of esters is 1. The van der Waals surface area contributed by atoms with Crippen LogP contribution in [0.1, 0.15) is 66.8 Å². The molecule has 0 radical (unpaired) electrons. The Hall–Kier alpha value is -1.82. The van der Waals surface area contributed by atoms with Crippen LogP contribution in [-0.2, 0) is 16.6 Å². The maximum atomic E-state index is 12.8. The zero-order valence-corrected chi connectivity index (χ0v) is 17.4. The van der Waals surface area contributed by atoms with Gasteiger partial charge in [0.1, 0.15) is 5.54 Å². The van der Waals surface area contributed by atoms with E-state index in [0.717, 1.165) is 16.5 Å². The van der Waals surface area contributed by atoms with Crippen LogP contribution in [0.3, 0.4) is 0 Å². The fourth-order valence-electron chi connectivity index (χ4n) is 4.57. The van der Waals surface area contributed by atoms with E-state index in [1.807, 2.05) is 25.2 Å². The molecule has 2 aliphatic carbocycles. The molecule has 5 nitrogen and oxygen atoms in total. The van der Waals surface area contributed by atoms with Crippen LogP contribution in [0.15, 0.2) is 22.8 Å². The van der Waals surface area contributed by atoms with E-state index in [2.05, 4.69) is 25.8 Å². The first-order valence-electron chi connectivity index (χ1n) is 9.65. The van der Waals surface area contributed by atoms with Gasteiger partial charge in [0, 0.05) is 23.5 Å². The van der Waals surface area contributed by atoms with E-state index in [1.54, 1.807) is 0 Å². The summed E-state index contributed by atoms with van der Waals surface area (Å²) in [5.74, 6) is 0.00960. The van der Waals surface area contributed by atoms with E-state index in [1.165, 1.54) is 43.7 Å². The van der Waals surface area contributed by atoms with Gasteiger partial charge in [-0.2, -0.15) is 0 Å². The summed E-state index contributed by atoms with van der Waals surface area (Å²) in [7, 11) is 3.39. The summed E-state index contributed by atoms with van der Waals surface area (Å²) in [4.78, 5) is 24.9. The second-order valence-corrected chi connectivity index (χ2v) is 8.61. The van der Waals surface area contributed by atoms with Crippen LogP contribution in [-0.4, -0.2) is 29.1 Å². The Labute approximate surface area is 167 Å². The summed E-state index contributed by atoms with van der Waals surface area (Å²) in [6, 6.07) is 5.85. The second-order valence-electron chi connectivity index (χ2n) is 7.86.